The van der Waals surface area contributed by atoms with Crippen molar-refractivity contribution in [1.29, 1.82) is 0 Å². The van der Waals surface area contributed by atoms with E-state index in [4.69, 9.17) is 29.3 Å². The van der Waals surface area contributed by atoms with Crippen LogP contribution in [0, 0.1) is 5.92 Å². The zero-order chi connectivity index (χ0) is 27.1. The molecule has 2 aliphatic heterocycles. The lowest BCUT2D eigenvalue weighted by molar-refractivity contribution is -0.193. The average Bonchev–Trinajstić information content (AvgIpc) is 3.37. The van der Waals surface area contributed by atoms with Crippen LogP contribution in [0.15, 0.2) is 12.4 Å². The maximum absolute atomic E-state index is 10.6. The minimum atomic E-state index is -5.08. The van der Waals surface area contributed by atoms with Gasteiger partial charge in [-0.3, -0.25) is 9.58 Å². The number of rotatable bonds is 6. The number of carboxylic acids is 2. The first-order valence-electron chi connectivity index (χ1n) is 11.2. The molecule has 15 heteroatoms. The quantitative estimate of drug-likeness (QED) is 0.536. The lowest BCUT2D eigenvalue weighted by Crippen LogP contribution is -2.43. The molecule has 4 rings (SSSR count). The third-order valence-corrected chi connectivity index (χ3v) is 5.73. The topological polar surface area (TPSA) is 114 Å². The second-order valence-electron chi connectivity index (χ2n) is 8.81. The molecule has 206 valence electrons. The summed E-state index contributed by atoms with van der Waals surface area (Å²) >= 11 is 0. The Balaban J connectivity index is 0.000000271. The number of hydrogen-bond acceptors (Lipinski definition) is 6. The fraction of sp³-hybridized carbons (Fsp3) is 0.762. The van der Waals surface area contributed by atoms with Crippen molar-refractivity contribution in [2.75, 3.05) is 19.8 Å². The van der Waals surface area contributed by atoms with Crippen LogP contribution in [0.25, 0.3) is 0 Å². The molecule has 3 fully saturated rings. The minimum Gasteiger partial charge on any atom is -0.475 e. The summed E-state index contributed by atoms with van der Waals surface area (Å²) < 4.78 is 77.5. The molecule has 0 bridgehead atoms. The number of carboxylic acid groups (broad SMARTS) is 2. The fourth-order valence-electron chi connectivity index (χ4n) is 3.84. The van der Waals surface area contributed by atoms with Gasteiger partial charge in [0.05, 0.1) is 25.0 Å². The van der Waals surface area contributed by atoms with Crippen LogP contribution in [-0.4, -0.2) is 87.2 Å². The van der Waals surface area contributed by atoms with E-state index in [1.165, 1.54) is 24.8 Å². The smallest absolute Gasteiger partial charge is 0.475 e. The summed E-state index contributed by atoms with van der Waals surface area (Å²) in [5.74, 6) is -4.67. The molecular weight excluding hydrogens is 504 g/mol. The zero-order valence-corrected chi connectivity index (χ0v) is 19.5. The van der Waals surface area contributed by atoms with Crippen LogP contribution in [0.1, 0.15) is 37.7 Å². The molecule has 2 N–H and O–H groups in total. The highest BCUT2D eigenvalue weighted by Gasteiger charge is 2.40. The van der Waals surface area contributed by atoms with Gasteiger partial charge < -0.3 is 19.7 Å². The number of aromatic nitrogens is 2. The van der Waals surface area contributed by atoms with Gasteiger partial charge in [-0.15, -0.1) is 0 Å². The monoisotopic (exact) mass is 533 g/mol. The number of halogens is 6. The van der Waals surface area contributed by atoms with Crippen LogP contribution in [0.3, 0.4) is 0 Å². The van der Waals surface area contributed by atoms with Gasteiger partial charge >= 0.3 is 24.3 Å². The van der Waals surface area contributed by atoms with E-state index in [0.29, 0.717) is 18.2 Å². The SMILES string of the molecule is Cn1cc(CN2CC[C@@H]3O[C@@H](COCC4CC4)CC[C@@H]32)cn1.O=C(O)C(F)(F)F.O=C(O)C(F)(F)F. The second-order valence-corrected chi connectivity index (χ2v) is 8.81. The van der Waals surface area contributed by atoms with Crippen LogP contribution >= 0.6 is 0 Å². The lowest BCUT2D eigenvalue weighted by atomic mass is 9.99. The Morgan fingerprint density at radius 3 is 2.08 bits per heavy atom. The van der Waals surface area contributed by atoms with Crippen molar-refractivity contribution in [3.63, 3.8) is 0 Å². The molecule has 1 aromatic heterocycles. The number of carbonyl (C=O) groups is 2. The highest BCUT2D eigenvalue weighted by Crippen LogP contribution is 2.33. The molecule has 0 aromatic carbocycles. The molecule has 1 saturated carbocycles. The predicted molar refractivity (Wildman–Crippen MR) is 111 cm³/mol. The molecule has 2 saturated heterocycles. The Morgan fingerprint density at radius 1 is 1.03 bits per heavy atom. The number of aryl methyl sites for hydroxylation is 1. The molecule has 36 heavy (non-hydrogen) atoms. The predicted octanol–water partition coefficient (Wildman–Crippen LogP) is 3.24. The van der Waals surface area contributed by atoms with E-state index in [2.05, 4.69) is 16.2 Å². The summed E-state index contributed by atoms with van der Waals surface area (Å²) in [6.07, 6.45) is 0.899. The Kier molecular flexibility index (Phi) is 10.5. The van der Waals surface area contributed by atoms with Crippen LogP contribution in [-0.2, 0) is 32.7 Å². The van der Waals surface area contributed by atoms with Crippen LogP contribution in [0.4, 0.5) is 26.3 Å². The van der Waals surface area contributed by atoms with Gasteiger partial charge in [0.25, 0.3) is 0 Å². The number of nitrogens with zero attached hydrogens (tertiary/aromatic N) is 3. The van der Waals surface area contributed by atoms with E-state index in [0.717, 1.165) is 45.1 Å². The van der Waals surface area contributed by atoms with Crippen molar-refractivity contribution >= 4 is 11.9 Å². The molecule has 0 spiro atoms. The third-order valence-electron chi connectivity index (χ3n) is 5.73. The molecular formula is C21H29F6N3O6. The van der Waals surface area contributed by atoms with Crippen LogP contribution in [0.5, 0.6) is 0 Å². The van der Waals surface area contributed by atoms with Crippen molar-refractivity contribution in [2.45, 2.75) is 69.3 Å². The van der Waals surface area contributed by atoms with E-state index in [1.807, 2.05) is 17.9 Å². The number of fused-ring (bicyclic) bond motifs is 1. The maximum Gasteiger partial charge on any atom is 0.490 e. The first kappa shape index (κ1) is 29.8. The van der Waals surface area contributed by atoms with Gasteiger partial charge in [0.2, 0.25) is 0 Å². The van der Waals surface area contributed by atoms with E-state index in [-0.39, 0.29) is 0 Å². The molecule has 3 aliphatic rings. The molecule has 1 aromatic rings. The fourth-order valence-corrected chi connectivity index (χ4v) is 3.84. The van der Waals surface area contributed by atoms with Gasteiger partial charge in [-0.25, -0.2) is 9.59 Å². The summed E-state index contributed by atoms with van der Waals surface area (Å²) in [6, 6.07) is 0.583. The summed E-state index contributed by atoms with van der Waals surface area (Å²) in [7, 11) is 1.98. The van der Waals surface area contributed by atoms with E-state index in [1.54, 1.807) is 0 Å². The molecule has 3 atom stereocenters. The Hall–Kier alpha value is -2.39. The minimum absolute atomic E-state index is 0.318. The third kappa shape index (κ3) is 10.3. The number of likely N-dealkylation sites (tertiary alicyclic amines) is 1. The first-order valence-corrected chi connectivity index (χ1v) is 11.2. The number of aliphatic carboxylic acids is 2. The summed E-state index contributed by atoms with van der Waals surface area (Å²) in [6.45, 7) is 3.88. The van der Waals surface area contributed by atoms with Crippen LogP contribution < -0.4 is 0 Å². The van der Waals surface area contributed by atoms with Crippen molar-refractivity contribution < 1.29 is 55.6 Å². The standard InChI is InChI=1S/C17H27N3O2.2C2HF3O2/c1-19-9-14(8-18-19)10-20-7-6-17-16(20)5-4-15(22-17)12-21-11-13-2-3-13;2*3-2(4,5)1(6)7/h8-9,13,15-17H,2-7,10-12H2,1H3;2*(H,6,7)/t15-,16+,17+;;/m1../s1. The van der Waals surface area contributed by atoms with Gasteiger partial charge in [-0.1, -0.05) is 0 Å². The highest BCUT2D eigenvalue weighted by molar-refractivity contribution is 5.73. The molecule has 1 aliphatic carbocycles. The molecule has 0 unspecified atom stereocenters. The molecule has 0 amide bonds. The Morgan fingerprint density at radius 2 is 1.61 bits per heavy atom. The number of alkyl halides is 6. The van der Waals surface area contributed by atoms with E-state index < -0.39 is 24.3 Å². The molecule has 0 radical (unpaired) electrons. The summed E-state index contributed by atoms with van der Waals surface area (Å²) in [5, 5.41) is 18.5. The van der Waals surface area contributed by atoms with Gasteiger partial charge in [0, 0.05) is 44.5 Å². The number of ether oxygens (including phenoxy) is 2. The second kappa shape index (κ2) is 12.7. The van der Waals surface area contributed by atoms with Crippen molar-refractivity contribution in [3.8, 4) is 0 Å². The van der Waals surface area contributed by atoms with E-state index >= 15 is 0 Å². The lowest BCUT2D eigenvalue weighted by Gasteiger charge is -2.35. The molecule has 3 heterocycles. The Bertz CT molecular complexity index is 834. The highest BCUT2D eigenvalue weighted by atomic mass is 19.4. The van der Waals surface area contributed by atoms with Crippen molar-refractivity contribution in [3.05, 3.63) is 18.0 Å². The summed E-state index contributed by atoms with van der Waals surface area (Å²) in [4.78, 5) is 20.4. The first-order chi connectivity index (χ1) is 16.7. The average molecular weight is 533 g/mol. The van der Waals surface area contributed by atoms with Gasteiger partial charge in [-0.2, -0.15) is 31.4 Å². The summed E-state index contributed by atoms with van der Waals surface area (Å²) in [5.41, 5.74) is 1.30. The molecule has 9 nitrogen and oxygen atoms in total. The van der Waals surface area contributed by atoms with Gasteiger partial charge in [0.15, 0.2) is 0 Å². The van der Waals surface area contributed by atoms with E-state index in [9.17, 15) is 26.3 Å². The van der Waals surface area contributed by atoms with Crippen molar-refractivity contribution in [1.82, 2.24) is 14.7 Å². The van der Waals surface area contributed by atoms with Crippen molar-refractivity contribution in [2.24, 2.45) is 13.0 Å². The van der Waals surface area contributed by atoms with Crippen LogP contribution in [0.2, 0.25) is 0 Å². The normalized spacial score (nSPS) is 24.1. The Labute approximate surface area is 202 Å². The zero-order valence-electron chi connectivity index (χ0n) is 19.5. The maximum atomic E-state index is 10.6. The van der Waals surface area contributed by atoms with Gasteiger partial charge in [0.1, 0.15) is 0 Å². The number of hydrogen-bond donors (Lipinski definition) is 2. The van der Waals surface area contributed by atoms with Gasteiger partial charge in [-0.05, 0) is 38.0 Å². The largest absolute Gasteiger partial charge is 0.490 e.